The van der Waals surface area contributed by atoms with Gasteiger partial charge in [-0.3, -0.25) is 9.69 Å². The van der Waals surface area contributed by atoms with Gasteiger partial charge in [-0.1, -0.05) is 0 Å². The van der Waals surface area contributed by atoms with Crippen LogP contribution in [0.15, 0.2) is 23.0 Å². The summed E-state index contributed by atoms with van der Waals surface area (Å²) in [6.07, 6.45) is 5.53. The molecule has 0 spiro atoms. The number of amides is 1. The molecule has 116 valence electrons. The van der Waals surface area contributed by atoms with Crippen molar-refractivity contribution in [1.82, 2.24) is 25.0 Å². The fourth-order valence-corrected chi connectivity index (χ4v) is 2.98. The van der Waals surface area contributed by atoms with E-state index in [1.807, 2.05) is 17.6 Å². The molecule has 2 aromatic rings. The van der Waals surface area contributed by atoms with E-state index in [0.717, 1.165) is 43.1 Å². The number of rotatable bonds is 4. The van der Waals surface area contributed by atoms with Crippen LogP contribution in [-0.4, -0.2) is 38.2 Å². The summed E-state index contributed by atoms with van der Waals surface area (Å²) in [6, 6.07) is 1.88. The Morgan fingerprint density at radius 3 is 3.00 bits per heavy atom. The number of carbonyl (C=O) groups is 1. The van der Waals surface area contributed by atoms with Gasteiger partial charge in [-0.05, 0) is 25.8 Å². The SMILES string of the molecule is Cc1nnc2n1CCN(Cc1ccoc1)C2C(=O)NC1CC1. The van der Waals surface area contributed by atoms with Crippen LogP contribution in [0.2, 0.25) is 0 Å². The second-order valence-electron chi connectivity index (χ2n) is 6.04. The normalized spacial score (nSPS) is 21.6. The smallest absolute Gasteiger partial charge is 0.245 e. The highest BCUT2D eigenvalue weighted by Gasteiger charge is 2.38. The van der Waals surface area contributed by atoms with E-state index < -0.39 is 0 Å². The van der Waals surface area contributed by atoms with E-state index in [1.54, 1.807) is 12.5 Å². The Kier molecular flexibility index (Phi) is 3.22. The molecule has 0 radical (unpaired) electrons. The molecule has 2 aromatic heterocycles. The van der Waals surface area contributed by atoms with Gasteiger partial charge in [0.1, 0.15) is 5.82 Å². The van der Waals surface area contributed by atoms with Gasteiger partial charge < -0.3 is 14.3 Å². The van der Waals surface area contributed by atoms with Crippen molar-refractivity contribution in [3.8, 4) is 0 Å². The van der Waals surface area contributed by atoms with E-state index in [1.165, 1.54) is 0 Å². The first-order valence-electron chi connectivity index (χ1n) is 7.67. The number of nitrogens with zero attached hydrogens (tertiary/aromatic N) is 4. The third-order valence-corrected chi connectivity index (χ3v) is 4.32. The minimum absolute atomic E-state index is 0.0272. The lowest BCUT2D eigenvalue weighted by atomic mass is 10.1. The molecule has 7 heteroatoms. The molecule has 1 aliphatic carbocycles. The van der Waals surface area contributed by atoms with Crippen molar-refractivity contribution < 1.29 is 9.21 Å². The average molecular weight is 301 g/mol. The second-order valence-corrected chi connectivity index (χ2v) is 6.04. The van der Waals surface area contributed by atoms with Gasteiger partial charge in [0, 0.05) is 31.2 Å². The molecule has 1 amide bonds. The third kappa shape index (κ3) is 2.41. The fourth-order valence-electron chi connectivity index (χ4n) is 2.98. The van der Waals surface area contributed by atoms with E-state index in [2.05, 4.69) is 20.4 Å². The van der Waals surface area contributed by atoms with E-state index in [-0.39, 0.29) is 11.9 Å². The van der Waals surface area contributed by atoms with Crippen molar-refractivity contribution in [1.29, 1.82) is 0 Å². The molecule has 0 saturated heterocycles. The molecule has 4 rings (SSSR count). The van der Waals surface area contributed by atoms with Crippen molar-refractivity contribution in [2.24, 2.45) is 0 Å². The Morgan fingerprint density at radius 1 is 1.41 bits per heavy atom. The molecule has 2 aliphatic rings. The summed E-state index contributed by atoms with van der Waals surface area (Å²) in [7, 11) is 0. The van der Waals surface area contributed by atoms with Crippen molar-refractivity contribution in [3.63, 3.8) is 0 Å². The van der Waals surface area contributed by atoms with Crippen molar-refractivity contribution in [2.75, 3.05) is 6.54 Å². The van der Waals surface area contributed by atoms with Crippen LogP contribution in [0.3, 0.4) is 0 Å². The predicted molar refractivity (Wildman–Crippen MR) is 77.8 cm³/mol. The monoisotopic (exact) mass is 301 g/mol. The third-order valence-electron chi connectivity index (χ3n) is 4.32. The zero-order valence-electron chi connectivity index (χ0n) is 12.5. The first-order valence-corrected chi connectivity index (χ1v) is 7.67. The molecule has 1 unspecified atom stereocenters. The Balaban J connectivity index is 1.63. The van der Waals surface area contributed by atoms with Gasteiger partial charge in [0.25, 0.3) is 0 Å². The average Bonchev–Trinajstić information content (AvgIpc) is 3.02. The Labute approximate surface area is 128 Å². The number of fused-ring (bicyclic) bond motifs is 1. The number of hydrogen-bond donors (Lipinski definition) is 1. The second kappa shape index (κ2) is 5.24. The van der Waals surface area contributed by atoms with Crippen LogP contribution in [0.4, 0.5) is 0 Å². The molecular weight excluding hydrogens is 282 g/mol. The summed E-state index contributed by atoms with van der Waals surface area (Å²) in [5.41, 5.74) is 1.06. The molecule has 1 N–H and O–H groups in total. The predicted octanol–water partition coefficient (Wildman–Crippen LogP) is 1.02. The molecular formula is C15H19N5O2. The largest absolute Gasteiger partial charge is 0.472 e. The molecule has 0 aromatic carbocycles. The van der Waals surface area contributed by atoms with Crippen LogP contribution in [0, 0.1) is 6.92 Å². The van der Waals surface area contributed by atoms with Gasteiger partial charge in [-0.15, -0.1) is 10.2 Å². The first-order chi connectivity index (χ1) is 10.7. The summed E-state index contributed by atoms with van der Waals surface area (Å²) in [5, 5.41) is 11.5. The van der Waals surface area contributed by atoms with Gasteiger partial charge in [0.2, 0.25) is 5.91 Å². The van der Waals surface area contributed by atoms with E-state index in [9.17, 15) is 4.79 Å². The molecule has 1 atom stereocenters. The van der Waals surface area contributed by atoms with Gasteiger partial charge in [-0.25, -0.2) is 0 Å². The van der Waals surface area contributed by atoms with Crippen LogP contribution in [-0.2, 0) is 17.9 Å². The highest BCUT2D eigenvalue weighted by atomic mass is 16.3. The van der Waals surface area contributed by atoms with Crippen LogP contribution in [0.5, 0.6) is 0 Å². The molecule has 1 fully saturated rings. The minimum Gasteiger partial charge on any atom is -0.472 e. The van der Waals surface area contributed by atoms with Crippen LogP contribution >= 0.6 is 0 Å². The summed E-state index contributed by atoms with van der Waals surface area (Å²) < 4.78 is 7.18. The lowest BCUT2D eigenvalue weighted by molar-refractivity contribution is -0.128. The first kappa shape index (κ1) is 13.5. The highest BCUT2D eigenvalue weighted by molar-refractivity contribution is 5.83. The zero-order chi connectivity index (χ0) is 15.1. The maximum Gasteiger partial charge on any atom is 0.245 e. The summed E-state index contributed by atoms with van der Waals surface area (Å²) >= 11 is 0. The van der Waals surface area contributed by atoms with Gasteiger partial charge in [0.05, 0.1) is 12.5 Å². The number of carbonyl (C=O) groups excluding carboxylic acids is 1. The van der Waals surface area contributed by atoms with E-state index in [4.69, 9.17) is 4.42 Å². The van der Waals surface area contributed by atoms with Gasteiger partial charge in [-0.2, -0.15) is 0 Å². The van der Waals surface area contributed by atoms with Crippen molar-refractivity contribution in [2.45, 2.75) is 44.9 Å². The Hall–Kier alpha value is -2.15. The topological polar surface area (TPSA) is 76.2 Å². The van der Waals surface area contributed by atoms with E-state index >= 15 is 0 Å². The van der Waals surface area contributed by atoms with Crippen LogP contribution in [0.1, 0.15) is 36.1 Å². The standard InChI is InChI=1S/C15H19N5O2/c1-10-17-18-14-13(15(21)16-12-2-3-12)19(5-6-20(10)14)8-11-4-7-22-9-11/h4,7,9,12-13H,2-3,5-6,8H2,1H3,(H,16,21). The van der Waals surface area contributed by atoms with Crippen LogP contribution in [0.25, 0.3) is 0 Å². The maximum atomic E-state index is 12.7. The minimum atomic E-state index is -0.384. The molecule has 1 saturated carbocycles. The van der Waals surface area contributed by atoms with Gasteiger partial charge >= 0.3 is 0 Å². The number of hydrogen-bond acceptors (Lipinski definition) is 5. The van der Waals surface area contributed by atoms with Crippen LogP contribution < -0.4 is 5.32 Å². The van der Waals surface area contributed by atoms with Crippen molar-refractivity contribution in [3.05, 3.63) is 35.8 Å². The summed E-state index contributed by atoms with van der Waals surface area (Å²) in [5.74, 6) is 1.63. The zero-order valence-corrected chi connectivity index (χ0v) is 12.5. The quantitative estimate of drug-likeness (QED) is 0.912. The highest BCUT2D eigenvalue weighted by Crippen LogP contribution is 2.28. The molecule has 7 nitrogen and oxygen atoms in total. The van der Waals surface area contributed by atoms with Crippen molar-refractivity contribution >= 4 is 5.91 Å². The number of aryl methyl sites for hydroxylation is 1. The number of aromatic nitrogens is 3. The fraction of sp³-hybridized carbons (Fsp3) is 0.533. The van der Waals surface area contributed by atoms with Gasteiger partial charge in [0.15, 0.2) is 11.9 Å². The molecule has 3 heterocycles. The lowest BCUT2D eigenvalue weighted by Gasteiger charge is -2.34. The molecule has 1 aliphatic heterocycles. The summed E-state index contributed by atoms with van der Waals surface area (Å²) in [4.78, 5) is 14.8. The molecule has 22 heavy (non-hydrogen) atoms. The Bertz CT molecular complexity index is 674. The lowest BCUT2D eigenvalue weighted by Crippen LogP contribution is -2.46. The number of nitrogens with one attached hydrogen (secondary N) is 1. The maximum absolute atomic E-state index is 12.7. The van der Waals surface area contributed by atoms with E-state index in [0.29, 0.717) is 12.6 Å². The molecule has 0 bridgehead atoms. The number of furan rings is 1. The Morgan fingerprint density at radius 2 is 2.27 bits per heavy atom. The summed E-state index contributed by atoms with van der Waals surface area (Å²) in [6.45, 7) is 4.20.